The second kappa shape index (κ2) is 3.80. The third-order valence-electron chi connectivity index (χ3n) is 2.10. The van der Waals surface area contributed by atoms with Gasteiger partial charge in [-0.25, -0.2) is 0 Å². The van der Waals surface area contributed by atoms with Crippen molar-refractivity contribution in [1.82, 2.24) is 4.98 Å². The number of fused-ring (bicyclic) bond motifs is 1. The molecule has 0 N–H and O–H groups in total. The third-order valence-corrected chi connectivity index (χ3v) is 2.31. The van der Waals surface area contributed by atoms with Gasteiger partial charge in [0.15, 0.2) is 0 Å². The zero-order valence-electron chi connectivity index (χ0n) is 8.12. The molecule has 1 aromatic heterocycles. The van der Waals surface area contributed by atoms with Crippen molar-refractivity contribution >= 4 is 22.5 Å². The summed E-state index contributed by atoms with van der Waals surface area (Å²) in [6.07, 6.45) is 6.93. The smallest absolute Gasteiger partial charge is 0.146 e. The van der Waals surface area contributed by atoms with Gasteiger partial charge in [-0.1, -0.05) is 17.5 Å². The molecule has 2 aromatic rings. The number of hydrogen-bond donors (Lipinski definition) is 0. The molecule has 0 aliphatic heterocycles. The van der Waals surface area contributed by atoms with Crippen LogP contribution in [0.3, 0.4) is 0 Å². The topological polar surface area (TPSA) is 22.1 Å². The van der Waals surface area contributed by atoms with Gasteiger partial charge in [-0.15, -0.1) is 6.42 Å². The van der Waals surface area contributed by atoms with Crippen molar-refractivity contribution in [3.8, 4) is 18.1 Å². The zero-order chi connectivity index (χ0) is 10.8. The quantitative estimate of drug-likeness (QED) is 0.686. The van der Waals surface area contributed by atoms with E-state index in [-0.39, 0.29) is 0 Å². The number of hydrogen-bond acceptors (Lipinski definition) is 2. The molecule has 2 nitrogen and oxygen atoms in total. The molecule has 0 bridgehead atoms. The summed E-state index contributed by atoms with van der Waals surface area (Å²) in [6.45, 7) is 0. The summed E-state index contributed by atoms with van der Waals surface area (Å²) in [4.78, 5) is 4.20. The lowest BCUT2D eigenvalue weighted by Crippen LogP contribution is -1.89. The van der Waals surface area contributed by atoms with Crippen molar-refractivity contribution in [3.05, 3.63) is 35.0 Å². The molecular formula is C12H8ClNO. The van der Waals surface area contributed by atoms with Gasteiger partial charge < -0.3 is 4.74 Å². The number of ether oxygens (including phenoxy) is 1. The molecule has 0 aliphatic rings. The molecule has 0 fully saturated rings. The highest BCUT2D eigenvalue weighted by atomic mass is 35.5. The molecule has 15 heavy (non-hydrogen) atoms. The summed E-state index contributed by atoms with van der Waals surface area (Å²) in [6, 6.07) is 5.45. The van der Waals surface area contributed by atoms with E-state index < -0.39 is 0 Å². The maximum atomic E-state index is 5.85. The van der Waals surface area contributed by atoms with Gasteiger partial charge in [0, 0.05) is 17.1 Å². The van der Waals surface area contributed by atoms with Gasteiger partial charge in [0.2, 0.25) is 0 Å². The van der Waals surface area contributed by atoms with Crippen LogP contribution in [0.5, 0.6) is 5.75 Å². The number of nitrogens with zero attached hydrogens (tertiary/aromatic N) is 1. The first kappa shape index (κ1) is 9.82. The van der Waals surface area contributed by atoms with E-state index in [0.717, 1.165) is 16.5 Å². The summed E-state index contributed by atoms with van der Waals surface area (Å²) in [5.74, 6) is 3.23. The minimum Gasteiger partial charge on any atom is -0.494 e. The van der Waals surface area contributed by atoms with Crippen LogP contribution in [0.25, 0.3) is 10.9 Å². The SMILES string of the molecule is C#Cc1cc(OC)c2ncc(Cl)cc2c1. The second-order valence-electron chi connectivity index (χ2n) is 3.05. The van der Waals surface area contributed by atoms with E-state index in [2.05, 4.69) is 10.9 Å². The Labute approximate surface area is 92.8 Å². The molecule has 0 amide bonds. The van der Waals surface area contributed by atoms with Crippen molar-refractivity contribution in [2.24, 2.45) is 0 Å². The molecule has 0 saturated heterocycles. The number of benzene rings is 1. The number of terminal acetylenes is 1. The normalized spacial score (nSPS) is 9.93. The van der Waals surface area contributed by atoms with Gasteiger partial charge in [0.25, 0.3) is 0 Å². The van der Waals surface area contributed by atoms with E-state index in [1.165, 1.54) is 0 Å². The van der Waals surface area contributed by atoms with Gasteiger partial charge in [-0.3, -0.25) is 4.98 Å². The number of halogens is 1. The maximum Gasteiger partial charge on any atom is 0.146 e. The molecule has 1 aromatic carbocycles. The number of pyridine rings is 1. The Balaban J connectivity index is 2.82. The van der Waals surface area contributed by atoms with Crippen molar-refractivity contribution in [2.45, 2.75) is 0 Å². The maximum absolute atomic E-state index is 5.85. The first-order chi connectivity index (χ1) is 7.24. The van der Waals surface area contributed by atoms with Crippen molar-refractivity contribution in [2.75, 3.05) is 7.11 Å². The fraction of sp³-hybridized carbons (Fsp3) is 0.0833. The molecule has 3 heteroatoms. The van der Waals surface area contributed by atoms with Gasteiger partial charge in [-0.2, -0.15) is 0 Å². The molecular weight excluding hydrogens is 210 g/mol. The van der Waals surface area contributed by atoms with E-state index in [1.807, 2.05) is 12.1 Å². The Hall–Kier alpha value is -1.72. The Morgan fingerprint density at radius 2 is 2.20 bits per heavy atom. The van der Waals surface area contributed by atoms with Gasteiger partial charge in [0.05, 0.1) is 12.1 Å². The summed E-state index contributed by atoms with van der Waals surface area (Å²) in [5.41, 5.74) is 1.52. The van der Waals surface area contributed by atoms with Gasteiger partial charge >= 0.3 is 0 Å². The average molecular weight is 218 g/mol. The van der Waals surface area contributed by atoms with Crippen LogP contribution < -0.4 is 4.74 Å². The van der Waals surface area contributed by atoms with Crippen molar-refractivity contribution in [3.63, 3.8) is 0 Å². The highest BCUT2D eigenvalue weighted by Crippen LogP contribution is 2.27. The first-order valence-electron chi connectivity index (χ1n) is 4.34. The van der Waals surface area contributed by atoms with E-state index in [0.29, 0.717) is 10.8 Å². The molecule has 1 heterocycles. The molecule has 74 valence electrons. The van der Waals surface area contributed by atoms with Crippen molar-refractivity contribution < 1.29 is 4.74 Å². The fourth-order valence-corrected chi connectivity index (χ4v) is 1.59. The van der Waals surface area contributed by atoms with Gasteiger partial charge in [0.1, 0.15) is 11.3 Å². The molecule has 0 radical (unpaired) electrons. The summed E-state index contributed by atoms with van der Waals surface area (Å²) in [7, 11) is 1.59. The second-order valence-corrected chi connectivity index (χ2v) is 3.48. The Bertz CT molecular complexity index is 557. The van der Waals surface area contributed by atoms with E-state index in [1.54, 1.807) is 19.4 Å². The van der Waals surface area contributed by atoms with E-state index >= 15 is 0 Å². The summed E-state index contributed by atoms with van der Waals surface area (Å²) < 4.78 is 5.21. The molecule has 0 saturated carbocycles. The standard InChI is InChI=1S/C12H8ClNO/c1-3-8-4-9-6-10(13)7-14-12(9)11(5-8)15-2/h1,4-7H,2H3. The van der Waals surface area contributed by atoms with Crippen LogP contribution in [-0.4, -0.2) is 12.1 Å². The highest BCUT2D eigenvalue weighted by Gasteiger charge is 2.05. The van der Waals surface area contributed by atoms with Crippen LogP contribution >= 0.6 is 11.6 Å². The summed E-state index contributed by atoms with van der Waals surface area (Å²) >= 11 is 5.85. The largest absolute Gasteiger partial charge is 0.494 e. The van der Waals surface area contributed by atoms with Crippen LogP contribution in [-0.2, 0) is 0 Å². The molecule has 2 rings (SSSR count). The lowest BCUT2D eigenvalue weighted by molar-refractivity contribution is 0.419. The monoisotopic (exact) mass is 217 g/mol. The third kappa shape index (κ3) is 1.74. The van der Waals surface area contributed by atoms with Crippen LogP contribution in [0.4, 0.5) is 0 Å². The average Bonchev–Trinajstić information content (AvgIpc) is 2.26. The molecule has 0 unspecified atom stereocenters. The van der Waals surface area contributed by atoms with Crippen molar-refractivity contribution in [1.29, 1.82) is 0 Å². The van der Waals surface area contributed by atoms with E-state index in [9.17, 15) is 0 Å². The Morgan fingerprint density at radius 1 is 1.40 bits per heavy atom. The number of aromatic nitrogens is 1. The predicted molar refractivity (Wildman–Crippen MR) is 61.2 cm³/mol. The van der Waals surface area contributed by atoms with Crippen LogP contribution in [0, 0.1) is 12.3 Å². The highest BCUT2D eigenvalue weighted by molar-refractivity contribution is 6.31. The van der Waals surface area contributed by atoms with Crippen LogP contribution in [0.2, 0.25) is 5.02 Å². The van der Waals surface area contributed by atoms with E-state index in [4.69, 9.17) is 22.8 Å². The zero-order valence-corrected chi connectivity index (χ0v) is 8.88. The minimum absolute atomic E-state index is 0.582. The first-order valence-corrected chi connectivity index (χ1v) is 4.72. The van der Waals surface area contributed by atoms with Crippen LogP contribution in [0.15, 0.2) is 24.4 Å². The Kier molecular flexibility index (Phi) is 2.49. The minimum atomic E-state index is 0.582. The lowest BCUT2D eigenvalue weighted by atomic mass is 10.1. The van der Waals surface area contributed by atoms with Crippen LogP contribution in [0.1, 0.15) is 5.56 Å². The Morgan fingerprint density at radius 3 is 2.87 bits per heavy atom. The predicted octanol–water partition coefficient (Wildman–Crippen LogP) is 2.88. The molecule has 0 spiro atoms. The summed E-state index contributed by atoms with van der Waals surface area (Å²) in [5, 5.41) is 1.47. The molecule has 0 atom stereocenters. The number of methoxy groups -OCH3 is 1. The van der Waals surface area contributed by atoms with Gasteiger partial charge in [-0.05, 0) is 18.2 Å². The fourth-order valence-electron chi connectivity index (χ4n) is 1.43. The number of rotatable bonds is 1. The molecule has 0 aliphatic carbocycles. The lowest BCUT2D eigenvalue weighted by Gasteiger charge is -2.05.